The van der Waals surface area contributed by atoms with Gasteiger partial charge in [0.05, 0.1) is 7.11 Å². The molecule has 1 N–H and O–H groups in total. The molecule has 3 aromatic rings. The molecule has 1 unspecified atom stereocenters. The van der Waals surface area contributed by atoms with E-state index in [0.717, 1.165) is 28.8 Å². The third-order valence-corrected chi connectivity index (χ3v) is 5.49. The van der Waals surface area contributed by atoms with Crippen molar-refractivity contribution in [2.75, 3.05) is 12.0 Å². The minimum absolute atomic E-state index is 0.149. The number of anilines is 1. The van der Waals surface area contributed by atoms with Crippen LogP contribution in [0.5, 0.6) is 5.75 Å². The predicted molar refractivity (Wildman–Crippen MR) is 117 cm³/mol. The van der Waals surface area contributed by atoms with Crippen molar-refractivity contribution in [2.24, 2.45) is 0 Å². The molecule has 0 saturated heterocycles. The summed E-state index contributed by atoms with van der Waals surface area (Å²) in [6.07, 6.45) is 0.770. The zero-order valence-corrected chi connectivity index (χ0v) is 17.1. The Balaban J connectivity index is 1.69. The Morgan fingerprint density at radius 1 is 0.967 bits per heavy atom. The lowest BCUT2D eigenvalue weighted by atomic mass is 10.0. The second-order valence-corrected chi connectivity index (χ2v) is 7.18. The van der Waals surface area contributed by atoms with Crippen LogP contribution in [0.25, 0.3) is 0 Å². The molecule has 1 aliphatic heterocycles. The van der Waals surface area contributed by atoms with E-state index in [2.05, 4.69) is 5.32 Å². The number of fused-ring (bicyclic) bond motifs is 1. The second kappa shape index (κ2) is 8.41. The molecule has 0 saturated carbocycles. The molecule has 0 spiro atoms. The largest absolute Gasteiger partial charge is 0.496 e. The minimum atomic E-state index is -0.712. The van der Waals surface area contributed by atoms with Gasteiger partial charge in [0.1, 0.15) is 11.8 Å². The van der Waals surface area contributed by atoms with Gasteiger partial charge in [-0.1, -0.05) is 61.5 Å². The molecule has 5 nitrogen and oxygen atoms in total. The van der Waals surface area contributed by atoms with Crippen molar-refractivity contribution >= 4 is 17.5 Å². The third-order valence-electron chi connectivity index (χ3n) is 5.49. The Labute approximate surface area is 176 Å². The Morgan fingerprint density at radius 2 is 1.63 bits per heavy atom. The van der Waals surface area contributed by atoms with Crippen molar-refractivity contribution < 1.29 is 14.3 Å². The number of amides is 2. The van der Waals surface area contributed by atoms with Gasteiger partial charge < -0.3 is 10.1 Å². The number of aryl methyl sites for hydroxylation is 1. The Morgan fingerprint density at radius 3 is 2.40 bits per heavy atom. The van der Waals surface area contributed by atoms with E-state index in [1.54, 1.807) is 18.1 Å². The van der Waals surface area contributed by atoms with Crippen molar-refractivity contribution in [1.29, 1.82) is 0 Å². The van der Waals surface area contributed by atoms with Crippen LogP contribution in [0.15, 0.2) is 72.8 Å². The van der Waals surface area contributed by atoms with Crippen LogP contribution in [0.1, 0.15) is 40.0 Å². The molecule has 0 fully saturated rings. The topological polar surface area (TPSA) is 58.6 Å². The van der Waals surface area contributed by atoms with Gasteiger partial charge in [0.15, 0.2) is 0 Å². The molecule has 152 valence electrons. The van der Waals surface area contributed by atoms with Crippen LogP contribution in [0.4, 0.5) is 5.69 Å². The summed E-state index contributed by atoms with van der Waals surface area (Å²) in [7, 11) is 1.61. The van der Waals surface area contributed by atoms with E-state index in [1.807, 2.05) is 73.7 Å². The Hall–Kier alpha value is -3.60. The molecule has 0 radical (unpaired) electrons. The summed E-state index contributed by atoms with van der Waals surface area (Å²) in [4.78, 5) is 28.3. The average molecular weight is 400 g/mol. The van der Waals surface area contributed by atoms with Gasteiger partial charge in [0.2, 0.25) is 5.91 Å². The zero-order chi connectivity index (χ0) is 21.1. The highest BCUT2D eigenvalue weighted by Crippen LogP contribution is 2.39. The van der Waals surface area contributed by atoms with Crippen molar-refractivity contribution in [2.45, 2.75) is 25.9 Å². The number of carbonyl (C=O) groups is 2. The molecule has 0 aromatic heterocycles. The molecule has 4 rings (SSSR count). The highest BCUT2D eigenvalue weighted by atomic mass is 16.5. The van der Waals surface area contributed by atoms with Crippen molar-refractivity contribution in [3.05, 3.63) is 95.1 Å². The standard InChI is InChI=1S/C25H24N2O3/c1-3-17-10-4-8-14-21(17)27-23(19-12-6-7-13-20(19)25(27)29)24(28)26-16-18-11-5-9-15-22(18)30-2/h4-15,23H,3,16H2,1-2H3,(H,26,28). The van der Waals surface area contributed by atoms with Gasteiger partial charge >= 0.3 is 0 Å². The van der Waals surface area contributed by atoms with Crippen LogP contribution < -0.4 is 15.0 Å². The highest BCUT2D eigenvalue weighted by Gasteiger charge is 2.42. The normalized spacial score (nSPS) is 15.1. The fraction of sp³-hybridized carbons (Fsp3) is 0.200. The van der Waals surface area contributed by atoms with Gasteiger partial charge in [-0.05, 0) is 35.7 Å². The molecule has 3 aromatic carbocycles. The highest BCUT2D eigenvalue weighted by molar-refractivity contribution is 6.16. The maximum Gasteiger partial charge on any atom is 0.259 e. The second-order valence-electron chi connectivity index (χ2n) is 7.18. The van der Waals surface area contributed by atoms with Crippen LogP contribution in [0.3, 0.4) is 0 Å². The first-order chi connectivity index (χ1) is 14.7. The quantitative estimate of drug-likeness (QED) is 0.672. The molecule has 1 atom stereocenters. The third kappa shape index (κ3) is 3.43. The molecule has 5 heteroatoms. The Kier molecular flexibility index (Phi) is 5.53. The monoisotopic (exact) mass is 400 g/mol. The summed E-state index contributed by atoms with van der Waals surface area (Å²) >= 11 is 0. The summed E-state index contributed by atoms with van der Waals surface area (Å²) in [6, 6.07) is 21.9. The molecule has 0 bridgehead atoms. The van der Waals surface area contributed by atoms with Crippen LogP contribution in [0, 0.1) is 0 Å². The number of rotatable bonds is 6. The number of benzene rings is 3. The number of hydrogen-bond acceptors (Lipinski definition) is 3. The van der Waals surface area contributed by atoms with E-state index >= 15 is 0 Å². The van der Waals surface area contributed by atoms with Crippen molar-refractivity contribution in [3.63, 3.8) is 0 Å². The summed E-state index contributed by atoms with van der Waals surface area (Å²) in [5.41, 5.74) is 3.98. The molecule has 1 heterocycles. The lowest BCUT2D eigenvalue weighted by Gasteiger charge is -2.27. The molecule has 2 amide bonds. The number of ether oxygens (including phenoxy) is 1. The lowest BCUT2D eigenvalue weighted by molar-refractivity contribution is -0.122. The van der Waals surface area contributed by atoms with Gasteiger partial charge in [-0.3, -0.25) is 14.5 Å². The summed E-state index contributed by atoms with van der Waals surface area (Å²) < 4.78 is 5.38. The van der Waals surface area contributed by atoms with Crippen LogP contribution in [0.2, 0.25) is 0 Å². The van der Waals surface area contributed by atoms with Gasteiger partial charge in [-0.2, -0.15) is 0 Å². The van der Waals surface area contributed by atoms with Gasteiger partial charge in [0.25, 0.3) is 5.91 Å². The summed E-state index contributed by atoms with van der Waals surface area (Å²) in [5.74, 6) is 0.350. The number of nitrogens with one attached hydrogen (secondary N) is 1. The first kappa shape index (κ1) is 19.7. The minimum Gasteiger partial charge on any atom is -0.496 e. The molecule has 1 aliphatic rings. The van der Waals surface area contributed by atoms with E-state index in [4.69, 9.17) is 4.74 Å². The molecular formula is C25H24N2O3. The number of nitrogens with zero attached hydrogens (tertiary/aromatic N) is 1. The SMILES string of the molecule is CCc1ccccc1N1C(=O)c2ccccc2C1C(=O)NCc1ccccc1OC. The maximum atomic E-state index is 13.4. The smallest absolute Gasteiger partial charge is 0.259 e. The average Bonchev–Trinajstić information content (AvgIpc) is 3.10. The summed E-state index contributed by atoms with van der Waals surface area (Å²) in [6.45, 7) is 2.36. The van der Waals surface area contributed by atoms with Crippen LogP contribution in [-0.4, -0.2) is 18.9 Å². The maximum absolute atomic E-state index is 13.4. The van der Waals surface area contributed by atoms with Gasteiger partial charge in [-0.15, -0.1) is 0 Å². The van der Waals surface area contributed by atoms with E-state index in [-0.39, 0.29) is 11.8 Å². The molecule has 0 aliphatic carbocycles. The molecular weight excluding hydrogens is 376 g/mol. The first-order valence-electron chi connectivity index (χ1n) is 10.1. The summed E-state index contributed by atoms with van der Waals surface area (Å²) in [5, 5.41) is 3.00. The van der Waals surface area contributed by atoms with E-state index in [1.165, 1.54) is 0 Å². The fourth-order valence-corrected chi connectivity index (χ4v) is 4.00. The van der Waals surface area contributed by atoms with Crippen molar-refractivity contribution in [1.82, 2.24) is 5.32 Å². The molecule has 30 heavy (non-hydrogen) atoms. The Bertz CT molecular complexity index is 1090. The number of para-hydroxylation sites is 2. The van der Waals surface area contributed by atoms with E-state index < -0.39 is 6.04 Å². The number of hydrogen-bond donors (Lipinski definition) is 1. The van der Waals surface area contributed by atoms with Crippen LogP contribution in [-0.2, 0) is 17.8 Å². The van der Waals surface area contributed by atoms with Crippen LogP contribution >= 0.6 is 0 Å². The van der Waals surface area contributed by atoms with Gasteiger partial charge in [0, 0.05) is 23.4 Å². The van der Waals surface area contributed by atoms with Gasteiger partial charge in [-0.25, -0.2) is 0 Å². The number of methoxy groups -OCH3 is 1. The number of carbonyl (C=O) groups excluding carboxylic acids is 2. The van der Waals surface area contributed by atoms with E-state index in [0.29, 0.717) is 17.9 Å². The van der Waals surface area contributed by atoms with E-state index in [9.17, 15) is 9.59 Å². The first-order valence-corrected chi connectivity index (χ1v) is 10.1. The fourth-order valence-electron chi connectivity index (χ4n) is 4.00. The zero-order valence-electron chi connectivity index (χ0n) is 17.1. The predicted octanol–water partition coefficient (Wildman–Crippen LogP) is 4.28. The van der Waals surface area contributed by atoms with Crippen molar-refractivity contribution in [3.8, 4) is 5.75 Å². The lowest BCUT2D eigenvalue weighted by Crippen LogP contribution is -2.39.